The van der Waals surface area contributed by atoms with E-state index in [4.69, 9.17) is 4.74 Å². The number of hydrogen-bond acceptors (Lipinski definition) is 6. The van der Waals surface area contributed by atoms with Gasteiger partial charge in [0.1, 0.15) is 11.6 Å². The third-order valence-electron chi connectivity index (χ3n) is 6.29. The van der Waals surface area contributed by atoms with Gasteiger partial charge in [-0.1, -0.05) is 66.7 Å². The van der Waals surface area contributed by atoms with Crippen LogP contribution < -0.4 is 16.0 Å². The average Bonchev–Trinajstić information content (AvgIpc) is 2.95. The Kier molecular flexibility index (Phi) is 10.6. The molecular weight excluding hydrogens is 532 g/mol. The number of nitrogens with zero attached hydrogens (tertiary/aromatic N) is 1. The van der Waals surface area contributed by atoms with Gasteiger partial charge in [-0.3, -0.25) is 9.78 Å². The molecule has 8 heteroatoms. The first kappa shape index (κ1) is 29.9. The van der Waals surface area contributed by atoms with Crippen LogP contribution in [0.25, 0.3) is 10.8 Å². The van der Waals surface area contributed by atoms with E-state index in [1.807, 2.05) is 81.4 Å². The third kappa shape index (κ3) is 9.83. The lowest BCUT2D eigenvalue weighted by Gasteiger charge is -2.25. The quantitative estimate of drug-likeness (QED) is 0.188. The van der Waals surface area contributed by atoms with E-state index in [0.717, 1.165) is 27.6 Å². The van der Waals surface area contributed by atoms with Crippen molar-refractivity contribution in [3.63, 3.8) is 0 Å². The fraction of sp³-hybridized carbons (Fsp3) is 0.303. The van der Waals surface area contributed by atoms with Crippen LogP contribution in [0.5, 0.6) is 0 Å². The van der Waals surface area contributed by atoms with Gasteiger partial charge in [-0.05, 0) is 67.3 Å². The Balaban J connectivity index is 1.45. The van der Waals surface area contributed by atoms with Crippen molar-refractivity contribution in [2.75, 3.05) is 16.8 Å². The maximum Gasteiger partial charge on any atom is 0.407 e. The van der Waals surface area contributed by atoms with Gasteiger partial charge < -0.3 is 20.7 Å². The predicted octanol–water partition coefficient (Wildman–Crippen LogP) is 6.20. The van der Waals surface area contributed by atoms with E-state index in [0.29, 0.717) is 24.5 Å². The summed E-state index contributed by atoms with van der Waals surface area (Å²) in [6.45, 7) is 5.95. The Morgan fingerprint density at radius 3 is 2.41 bits per heavy atom. The molecule has 0 radical (unpaired) electrons. The Morgan fingerprint density at radius 2 is 1.66 bits per heavy atom. The largest absolute Gasteiger partial charge is 0.444 e. The van der Waals surface area contributed by atoms with Gasteiger partial charge in [0.15, 0.2) is 0 Å². The van der Waals surface area contributed by atoms with E-state index in [-0.39, 0.29) is 11.9 Å². The molecule has 1 aromatic heterocycles. The fourth-order valence-electron chi connectivity index (χ4n) is 4.42. The Labute approximate surface area is 246 Å². The zero-order chi connectivity index (χ0) is 29.1. The summed E-state index contributed by atoms with van der Waals surface area (Å²) in [5.41, 5.74) is 2.36. The lowest BCUT2D eigenvalue weighted by molar-refractivity contribution is -0.121. The summed E-state index contributed by atoms with van der Waals surface area (Å²) in [4.78, 5) is 30.2. The van der Waals surface area contributed by atoms with E-state index in [9.17, 15) is 9.59 Å². The zero-order valence-corrected chi connectivity index (χ0v) is 24.6. The van der Waals surface area contributed by atoms with Crippen LogP contribution in [0.15, 0.2) is 97.3 Å². The van der Waals surface area contributed by atoms with E-state index >= 15 is 0 Å². The van der Waals surface area contributed by atoms with Crippen LogP contribution in [0, 0.1) is 0 Å². The van der Waals surface area contributed by atoms with E-state index in [1.165, 1.54) is 0 Å². The molecule has 2 atom stereocenters. The van der Waals surface area contributed by atoms with Crippen molar-refractivity contribution >= 4 is 40.2 Å². The highest BCUT2D eigenvalue weighted by Crippen LogP contribution is 2.22. The van der Waals surface area contributed by atoms with E-state index in [1.54, 1.807) is 24.2 Å². The third-order valence-corrected chi connectivity index (χ3v) is 7.50. The number of para-hydroxylation sites is 1. The number of fused-ring (bicyclic) bond motifs is 1. The second-order valence-electron chi connectivity index (χ2n) is 10.9. The number of rotatable bonds is 12. The molecule has 0 aliphatic carbocycles. The van der Waals surface area contributed by atoms with Gasteiger partial charge in [-0.15, -0.1) is 0 Å². The van der Waals surface area contributed by atoms with Crippen LogP contribution in [0.4, 0.5) is 10.5 Å². The molecule has 3 N–H and O–H groups in total. The number of thioether (sulfide) groups is 1. The molecule has 214 valence electrons. The number of carbonyl (C=O) groups excluding carboxylic acids is 2. The van der Waals surface area contributed by atoms with Crippen molar-refractivity contribution in [1.82, 2.24) is 15.6 Å². The van der Waals surface area contributed by atoms with E-state index in [2.05, 4.69) is 45.2 Å². The lowest BCUT2D eigenvalue weighted by atomic mass is 9.99. The van der Waals surface area contributed by atoms with Gasteiger partial charge in [-0.25, -0.2) is 4.79 Å². The second kappa shape index (κ2) is 14.6. The molecule has 0 spiro atoms. The highest BCUT2D eigenvalue weighted by molar-refractivity contribution is 7.99. The normalized spacial score (nSPS) is 12.8. The summed E-state index contributed by atoms with van der Waals surface area (Å²) in [7, 11) is 0. The summed E-state index contributed by atoms with van der Waals surface area (Å²) in [6, 6.07) is 27.3. The molecule has 4 aromatic rings. The van der Waals surface area contributed by atoms with Crippen LogP contribution in [0.3, 0.4) is 0 Å². The summed E-state index contributed by atoms with van der Waals surface area (Å²) in [6.07, 6.45) is 3.64. The number of alkyl carbamates (subject to hydrolysis) is 1. The molecular formula is C33H38N4O3S. The van der Waals surface area contributed by atoms with Crippen LogP contribution in [-0.2, 0) is 22.5 Å². The van der Waals surface area contributed by atoms with Crippen LogP contribution in [-0.4, -0.2) is 46.2 Å². The van der Waals surface area contributed by atoms with Gasteiger partial charge in [-0.2, -0.15) is 11.8 Å². The minimum Gasteiger partial charge on any atom is -0.444 e. The summed E-state index contributed by atoms with van der Waals surface area (Å²) < 4.78 is 5.57. The van der Waals surface area contributed by atoms with Crippen molar-refractivity contribution in [2.24, 2.45) is 0 Å². The maximum atomic E-state index is 13.3. The SMILES string of the molecule is CC(C)(C)OC(=O)NC(CSCC(Nc1ccccc1)C(=O)NCc1cccnc1)Cc1cccc2ccccc12. The molecule has 0 aliphatic rings. The second-order valence-corrected chi connectivity index (χ2v) is 11.9. The van der Waals surface area contributed by atoms with Gasteiger partial charge >= 0.3 is 6.09 Å². The predicted molar refractivity (Wildman–Crippen MR) is 168 cm³/mol. The molecule has 0 saturated heterocycles. The van der Waals surface area contributed by atoms with Gasteiger partial charge in [0.2, 0.25) is 5.91 Å². The monoisotopic (exact) mass is 570 g/mol. The van der Waals surface area contributed by atoms with Gasteiger partial charge in [0, 0.05) is 42.2 Å². The molecule has 0 fully saturated rings. The van der Waals surface area contributed by atoms with Crippen molar-refractivity contribution in [3.8, 4) is 0 Å². The first-order valence-corrected chi connectivity index (χ1v) is 14.9. The minimum atomic E-state index is -0.599. The Bertz CT molecular complexity index is 1410. The number of anilines is 1. The molecule has 4 rings (SSSR count). The van der Waals surface area contributed by atoms with Crippen LogP contribution >= 0.6 is 11.8 Å². The topological polar surface area (TPSA) is 92.4 Å². The average molecular weight is 571 g/mol. The van der Waals surface area contributed by atoms with Crippen molar-refractivity contribution < 1.29 is 14.3 Å². The standard InChI is InChI=1S/C33H38N4O3S/c1-33(2,3)40-32(39)37-28(19-26-14-9-13-25-12-7-8-17-29(25)26)22-41-23-30(36-27-15-5-4-6-16-27)31(38)35-21-24-11-10-18-34-20-24/h4-18,20,28,30,36H,19,21-23H2,1-3H3,(H,35,38)(H,37,39). The number of nitrogens with one attached hydrogen (secondary N) is 3. The van der Waals surface area contributed by atoms with Gasteiger partial charge in [0.25, 0.3) is 0 Å². The first-order valence-electron chi connectivity index (χ1n) is 13.8. The molecule has 0 bridgehead atoms. The Hall–Kier alpha value is -4.04. The lowest BCUT2D eigenvalue weighted by Crippen LogP contribution is -2.43. The molecule has 0 saturated carbocycles. The van der Waals surface area contributed by atoms with Crippen molar-refractivity contribution in [2.45, 2.75) is 51.4 Å². The van der Waals surface area contributed by atoms with Crippen molar-refractivity contribution in [3.05, 3.63) is 108 Å². The highest BCUT2D eigenvalue weighted by Gasteiger charge is 2.23. The summed E-state index contributed by atoms with van der Waals surface area (Å²) in [5, 5.41) is 11.8. The number of carbonyl (C=O) groups is 2. The molecule has 41 heavy (non-hydrogen) atoms. The zero-order valence-electron chi connectivity index (χ0n) is 23.8. The molecule has 2 unspecified atom stereocenters. The number of ether oxygens (including phenoxy) is 1. The number of pyridine rings is 1. The number of aromatic nitrogens is 1. The van der Waals surface area contributed by atoms with E-state index < -0.39 is 17.7 Å². The molecule has 1 heterocycles. The van der Waals surface area contributed by atoms with Gasteiger partial charge in [0.05, 0.1) is 0 Å². The molecule has 2 amide bonds. The molecule has 0 aliphatic heterocycles. The smallest absolute Gasteiger partial charge is 0.407 e. The van der Waals surface area contributed by atoms with Crippen LogP contribution in [0.2, 0.25) is 0 Å². The summed E-state index contributed by atoms with van der Waals surface area (Å²) >= 11 is 1.62. The number of benzene rings is 3. The van der Waals surface area contributed by atoms with Crippen molar-refractivity contribution in [1.29, 1.82) is 0 Å². The number of amides is 2. The highest BCUT2D eigenvalue weighted by atomic mass is 32.2. The minimum absolute atomic E-state index is 0.101. The Morgan fingerprint density at radius 1 is 0.902 bits per heavy atom. The number of hydrogen-bond donors (Lipinski definition) is 3. The molecule has 7 nitrogen and oxygen atoms in total. The van der Waals surface area contributed by atoms with Crippen LogP contribution in [0.1, 0.15) is 31.9 Å². The maximum absolute atomic E-state index is 13.3. The fourth-order valence-corrected chi connectivity index (χ4v) is 5.52. The first-order chi connectivity index (χ1) is 19.8. The molecule has 3 aromatic carbocycles. The summed E-state index contributed by atoms with van der Waals surface area (Å²) in [5.74, 6) is 1.01.